The third kappa shape index (κ3) is 11.2. The van der Waals surface area contributed by atoms with E-state index in [1.165, 1.54) is 14.2 Å². The molecule has 0 aliphatic carbocycles. The number of carbonyl (C=O) groups is 2. The number of amides is 2. The average Bonchev–Trinajstić information content (AvgIpc) is 2.35. The molecule has 0 fully saturated rings. The maximum absolute atomic E-state index is 10.7. The van der Waals surface area contributed by atoms with Gasteiger partial charge >= 0.3 is 12.2 Å². The summed E-state index contributed by atoms with van der Waals surface area (Å²) < 4.78 is 8.87. The Morgan fingerprint density at radius 2 is 1.35 bits per heavy atom. The average molecular weight is 264 g/mol. The van der Waals surface area contributed by atoms with E-state index in [1.807, 2.05) is 0 Å². The summed E-state index contributed by atoms with van der Waals surface area (Å²) in [7, 11) is 2.69. The summed E-state index contributed by atoms with van der Waals surface area (Å²) in [5.74, 6) is 1.95. The second-order valence-corrected chi connectivity index (χ2v) is 4.38. The van der Waals surface area contributed by atoms with Crippen LogP contribution in [0.3, 0.4) is 0 Å². The van der Waals surface area contributed by atoms with Crippen molar-refractivity contribution < 1.29 is 19.1 Å². The first-order chi connectivity index (χ1) is 8.20. The minimum absolute atomic E-state index is 0.391. The van der Waals surface area contributed by atoms with E-state index in [2.05, 4.69) is 20.1 Å². The van der Waals surface area contributed by atoms with Crippen molar-refractivity contribution in [2.24, 2.45) is 0 Å². The fourth-order valence-corrected chi connectivity index (χ4v) is 1.88. The highest BCUT2D eigenvalue weighted by molar-refractivity contribution is 7.99. The third-order valence-corrected chi connectivity index (χ3v) is 3.00. The number of thioether (sulfide) groups is 1. The lowest BCUT2D eigenvalue weighted by Gasteiger charge is -2.04. The Hall–Kier alpha value is -1.11. The molecule has 0 saturated heterocycles. The van der Waals surface area contributed by atoms with Gasteiger partial charge in [-0.15, -0.1) is 0 Å². The van der Waals surface area contributed by atoms with Gasteiger partial charge in [-0.1, -0.05) is 0 Å². The van der Waals surface area contributed by atoms with Gasteiger partial charge in [-0.2, -0.15) is 11.8 Å². The lowest BCUT2D eigenvalue weighted by molar-refractivity contribution is 0.170. The normalized spacial score (nSPS) is 9.53. The topological polar surface area (TPSA) is 76.7 Å². The highest BCUT2D eigenvalue weighted by Crippen LogP contribution is 2.03. The Morgan fingerprint density at radius 1 is 0.941 bits per heavy atom. The minimum Gasteiger partial charge on any atom is -0.453 e. The van der Waals surface area contributed by atoms with Gasteiger partial charge in [0.2, 0.25) is 0 Å². The van der Waals surface area contributed by atoms with E-state index in [4.69, 9.17) is 0 Å². The largest absolute Gasteiger partial charge is 0.453 e. The standard InChI is InChI=1S/C10H20N2O4S/c1-15-9(13)11-5-3-7-17-8-4-6-12-10(14)16-2/h3-8H2,1-2H3,(H,11,13)(H,12,14). The molecular formula is C10H20N2O4S. The van der Waals surface area contributed by atoms with Crippen molar-refractivity contribution >= 4 is 23.9 Å². The quantitative estimate of drug-likeness (QED) is 0.644. The lowest BCUT2D eigenvalue weighted by Crippen LogP contribution is -2.24. The summed E-state index contributed by atoms with van der Waals surface area (Å²) in [6.45, 7) is 1.25. The summed E-state index contributed by atoms with van der Waals surface area (Å²) in [6.07, 6.45) is 1.03. The van der Waals surface area contributed by atoms with E-state index in [1.54, 1.807) is 11.8 Å². The Labute approximate surface area is 106 Å². The fourth-order valence-electron chi connectivity index (χ4n) is 0.976. The van der Waals surface area contributed by atoms with Crippen molar-refractivity contribution in [2.75, 3.05) is 38.8 Å². The van der Waals surface area contributed by atoms with Crippen molar-refractivity contribution in [1.29, 1.82) is 0 Å². The van der Waals surface area contributed by atoms with Crippen LogP contribution < -0.4 is 10.6 Å². The number of nitrogens with one attached hydrogen (secondary N) is 2. The number of alkyl carbamates (subject to hydrolysis) is 2. The summed E-state index contributed by atoms with van der Waals surface area (Å²) in [6, 6.07) is 0. The van der Waals surface area contributed by atoms with Crippen molar-refractivity contribution in [3.05, 3.63) is 0 Å². The molecule has 7 heteroatoms. The number of carbonyl (C=O) groups excluding carboxylic acids is 2. The van der Waals surface area contributed by atoms with E-state index in [0.29, 0.717) is 13.1 Å². The molecule has 0 spiro atoms. The Kier molecular flexibility index (Phi) is 10.6. The van der Waals surface area contributed by atoms with Gasteiger partial charge in [0.1, 0.15) is 0 Å². The van der Waals surface area contributed by atoms with Gasteiger partial charge in [0, 0.05) is 13.1 Å². The number of hydrogen-bond donors (Lipinski definition) is 2. The number of hydrogen-bond acceptors (Lipinski definition) is 5. The first-order valence-electron chi connectivity index (χ1n) is 5.42. The summed E-state index contributed by atoms with van der Waals surface area (Å²) in [4.78, 5) is 21.4. The molecule has 0 aromatic rings. The van der Waals surface area contributed by atoms with E-state index in [-0.39, 0.29) is 0 Å². The van der Waals surface area contributed by atoms with Gasteiger partial charge in [0.15, 0.2) is 0 Å². The Morgan fingerprint density at radius 3 is 1.71 bits per heavy atom. The van der Waals surface area contributed by atoms with Crippen LogP contribution in [0.15, 0.2) is 0 Å². The first-order valence-corrected chi connectivity index (χ1v) is 6.57. The number of ether oxygens (including phenoxy) is 2. The summed E-state index contributed by atoms with van der Waals surface area (Å²) in [5.41, 5.74) is 0. The highest BCUT2D eigenvalue weighted by atomic mass is 32.2. The molecule has 0 aromatic carbocycles. The van der Waals surface area contributed by atoms with Gasteiger partial charge < -0.3 is 20.1 Å². The molecule has 0 heterocycles. The Balaban J connectivity index is 3.08. The van der Waals surface area contributed by atoms with Crippen LogP contribution in [0.2, 0.25) is 0 Å². The van der Waals surface area contributed by atoms with E-state index >= 15 is 0 Å². The predicted molar refractivity (Wildman–Crippen MR) is 67.4 cm³/mol. The van der Waals surface area contributed by atoms with Crippen LogP contribution in [0.4, 0.5) is 9.59 Å². The van der Waals surface area contributed by atoms with Crippen LogP contribution >= 0.6 is 11.8 Å². The molecule has 0 atom stereocenters. The Bertz CT molecular complexity index is 204. The molecule has 17 heavy (non-hydrogen) atoms. The number of methoxy groups -OCH3 is 2. The smallest absolute Gasteiger partial charge is 0.406 e. The van der Waals surface area contributed by atoms with Crippen molar-refractivity contribution in [3.63, 3.8) is 0 Å². The van der Waals surface area contributed by atoms with Crippen molar-refractivity contribution in [1.82, 2.24) is 10.6 Å². The molecule has 100 valence electrons. The second kappa shape index (κ2) is 11.4. The highest BCUT2D eigenvalue weighted by Gasteiger charge is 1.98. The molecule has 0 aliphatic heterocycles. The third-order valence-electron chi connectivity index (χ3n) is 1.84. The van der Waals surface area contributed by atoms with E-state index < -0.39 is 12.2 Å². The van der Waals surface area contributed by atoms with Crippen LogP contribution in [0.5, 0.6) is 0 Å². The van der Waals surface area contributed by atoms with Crippen LogP contribution in [-0.2, 0) is 9.47 Å². The zero-order valence-electron chi connectivity index (χ0n) is 10.3. The zero-order chi connectivity index (χ0) is 12.9. The maximum Gasteiger partial charge on any atom is 0.406 e. The lowest BCUT2D eigenvalue weighted by atomic mass is 10.5. The van der Waals surface area contributed by atoms with E-state index in [9.17, 15) is 9.59 Å². The molecular weight excluding hydrogens is 244 g/mol. The summed E-state index contributed by atoms with van der Waals surface area (Å²) in [5, 5.41) is 5.22. The van der Waals surface area contributed by atoms with Gasteiger partial charge in [0.25, 0.3) is 0 Å². The van der Waals surface area contributed by atoms with E-state index in [0.717, 1.165) is 24.3 Å². The van der Waals surface area contributed by atoms with Gasteiger partial charge in [0.05, 0.1) is 14.2 Å². The van der Waals surface area contributed by atoms with Crippen molar-refractivity contribution in [2.45, 2.75) is 12.8 Å². The monoisotopic (exact) mass is 264 g/mol. The molecule has 0 unspecified atom stereocenters. The molecule has 2 N–H and O–H groups in total. The van der Waals surface area contributed by atoms with Gasteiger partial charge in [-0.3, -0.25) is 0 Å². The molecule has 0 bridgehead atoms. The van der Waals surface area contributed by atoms with Crippen LogP contribution in [0.25, 0.3) is 0 Å². The van der Waals surface area contributed by atoms with Crippen molar-refractivity contribution in [3.8, 4) is 0 Å². The molecule has 2 amide bonds. The number of rotatable bonds is 8. The van der Waals surface area contributed by atoms with Crippen LogP contribution in [-0.4, -0.2) is 51.0 Å². The predicted octanol–water partition coefficient (Wildman–Crippen LogP) is 1.21. The van der Waals surface area contributed by atoms with Gasteiger partial charge in [-0.25, -0.2) is 9.59 Å². The molecule has 0 rings (SSSR count). The summed E-state index contributed by atoms with van der Waals surface area (Å²) >= 11 is 1.79. The zero-order valence-corrected chi connectivity index (χ0v) is 11.1. The maximum atomic E-state index is 10.7. The van der Waals surface area contributed by atoms with Crippen LogP contribution in [0, 0.1) is 0 Å². The second-order valence-electron chi connectivity index (χ2n) is 3.16. The molecule has 6 nitrogen and oxygen atoms in total. The fraction of sp³-hybridized carbons (Fsp3) is 0.800. The SMILES string of the molecule is COC(=O)NCCCSCCCNC(=O)OC. The van der Waals surface area contributed by atoms with Gasteiger partial charge in [-0.05, 0) is 24.3 Å². The first kappa shape index (κ1) is 15.9. The molecule has 0 aromatic heterocycles. The van der Waals surface area contributed by atoms with Crippen LogP contribution in [0.1, 0.15) is 12.8 Å². The molecule has 0 radical (unpaired) electrons. The molecule has 0 saturated carbocycles. The molecule has 0 aliphatic rings. The minimum atomic E-state index is -0.391.